The van der Waals surface area contributed by atoms with E-state index in [2.05, 4.69) is 46.5 Å². The van der Waals surface area contributed by atoms with E-state index in [0.717, 1.165) is 18.0 Å². The van der Waals surface area contributed by atoms with Crippen molar-refractivity contribution in [1.29, 1.82) is 0 Å². The molecule has 0 saturated carbocycles. The van der Waals surface area contributed by atoms with Gasteiger partial charge in [-0.05, 0) is 44.7 Å². The molecule has 94 valence electrons. The second-order valence-electron chi connectivity index (χ2n) is 5.32. The average molecular weight is 224 g/mol. The van der Waals surface area contributed by atoms with E-state index in [-0.39, 0.29) is 0 Å². The predicted molar refractivity (Wildman–Crippen MR) is 72.9 cm³/mol. The molecule has 0 heterocycles. The molecule has 0 radical (unpaired) electrons. The highest BCUT2D eigenvalue weighted by Crippen LogP contribution is 2.17. The molecule has 0 spiro atoms. The molecule has 16 heavy (non-hydrogen) atoms. The first-order chi connectivity index (χ1) is 7.36. The lowest BCUT2D eigenvalue weighted by molar-refractivity contribution is 0.449. The summed E-state index contributed by atoms with van der Waals surface area (Å²) >= 11 is 0. The molecule has 0 aliphatic rings. The summed E-state index contributed by atoms with van der Waals surface area (Å²) in [6.45, 7) is 15.0. The van der Waals surface area contributed by atoms with Gasteiger partial charge in [0.1, 0.15) is 0 Å². The predicted octanol–water partition coefficient (Wildman–Crippen LogP) is 3.41. The van der Waals surface area contributed by atoms with E-state index in [4.69, 9.17) is 5.73 Å². The maximum atomic E-state index is 5.48. The lowest BCUT2D eigenvalue weighted by atomic mass is 9.98. The van der Waals surface area contributed by atoms with E-state index in [1.807, 2.05) is 0 Å². The summed E-state index contributed by atoms with van der Waals surface area (Å²) in [5.74, 6) is 1.16. The third kappa shape index (κ3) is 6.54. The second-order valence-corrected chi connectivity index (χ2v) is 5.32. The topological polar surface area (TPSA) is 38.0 Å². The van der Waals surface area contributed by atoms with Gasteiger partial charge in [0.2, 0.25) is 0 Å². The normalized spacial score (nSPS) is 16.0. The summed E-state index contributed by atoms with van der Waals surface area (Å²) in [5, 5.41) is 3.48. The Hall–Kier alpha value is -0.920. The van der Waals surface area contributed by atoms with E-state index in [9.17, 15) is 0 Å². The van der Waals surface area contributed by atoms with Crippen LogP contribution in [0, 0.1) is 11.8 Å². The molecule has 0 rings (SSSR count). The number of nitrogens with two attached hydrogens (primary N) is 1. The highest BCUT2D eigenvalue weighted by atomic mass is 14.9. The van der Waals surface area contributed by atoms with E-state index in [1.165, 1.54) is 12.0 Å². The molecule has 0 fully saturated rings. The van der Waals surface area contributed by atoms with Crippen molar-refractivity contribution in [2.75, 3.05) is 0 Å². The van der Waals surface area contributed by atoms with Crippen LogP contribution in [0.1, 0.15) is 47.5 Å². The van der Waals surface area contributed by atoms with Crippen LogP contribution in [0.25, 0.3) is 0 Å². The van der Waals surface area contributed by atoms with Crippen molar-refractivity contribution >= 4 is 0 Å². The fourth-order valence-electron chi connectivity index (χ4n) is 1.90. The molecular formula is C14H28N2. The summed E-state index contributed by atoms with van der Waals surface area (Å²) in [6, 6.07) is 0.497. The van der Waals surface area contributed by atoms with Crippen molar-refractivity contribution < 1.29 is 0 Å². The van der Waals surface area contributed by atoms with Crippen molar-refractivity contribution in [2.45, 2.75) is 53.5 Å². The van der Waals surface area contributed by atoms with Crippen LogP contribution in [0.4, 0.5) is 0 Å². The van der Waals surface area contributed by atoms with Crippen molar-refractivity contribution in [3.05, 3.63) is 24.0 Å². The lowest BCUT2D eigenvalue weighted by Gasteiger charge is -2.23. The minimum Gasteiger partial charge on any atom is -0.405 e. The fraction of sp³-hybridized carbons (Fsp3) is 0.714. The second kappa shape index (κ2) is 7.37. The molecule has 0 aliphatic carbocycles. The number of nitrogens with one attached hydrogen (secondary N) is 1. The van der Waals surface area contributed by atoms with Gasteiger partial charge in [0.05, 0.1) is 0 Å². The Kier molecular flexibility index (Phi) is 6.95. The summed E-state index contributed by atoms with van der Waals surface area (Å²) in [7, 11) is 0. The van der Waals surface area contributed by atoms with Crippen LogP contribution in [0.15, 0.2) is 24.0 Å². The quantitative estimate of drug-likeness (QED) is 0.695. The number of hydrogen-bond donors (Lipinski definition) is 2. The molecule has 2 unspecified atom stereocenters. The fourth-order valence-corrected chi connectivity index (χ4v) is 1.90. The third-order valence-electron chi connectivity index (χ3n) is 2.76. The lowest BCUT2D eigenvalue weighted by Crippen LogP contribution is -2.29. The minimum absolute atomic E-state index is 0.439. The largest absolute Gasteiger partial charge is 0.405 e. The van der Waals surface area contributed by atoms with Gasteiger partial charge in [-0.15, -0.1) is 0 Å². The summed E-state index contributed by atoms with van der Waals surface area (Å²) in [6.07, 6.45) is 3.84. The third-order valence-corrected chi connectivity index (χ3v) is 2.76. The van der Waals surface area contributed by atoms with Crippen LogP contribution in [-0.4, -0.2) is 6.04 Å². The smallest absolute Gasteiger partial charge is 0.0232 e. The maximum Gasteiger partial charge on any atom is 0.0232 e. The monoisotopic (exact) mass is 224 g/mol. The molecule has 0 aliphatic heterocycles. The van der Waals surface area contributed by atoms with Crippen molar-refractivity contribution in [2.24, 2.45) is 17.6 Å². The van der Waals surface area contributed by atoms with Crippen molar-refractivity contribution in [1.82, 2.24) is 5.32 Å². The average Bonchev–Trinajstić information content (AvgIpc) is 2.15. The van der Waals surface area contributed by atoms with Crippen LogP contribution in [0.2, 0.25) is 0 Å². The number of allylic oxidation sites excluding steroid dienone is 2. The molecule has 2 atom stereocenters. The highest BCUT2D eigenvalue weighted by Gasteiger charge is 2.11. The van der Waals surface area contributed by atoms with Crippen LogP contribution < -0.4 is 11.1 Å². The molecule has 3 N–H and O–H groups in total. The SMILES string of the molecule is C=C(NC(C)CC(C)C)C(C)C/C(C)=C/N. The van der Waals surface area contributed by atoms with E-state index < -0.39 is 0 Å². The van der Waals surface area contributed by atoms with Crippen LogP contribution in [-0.2, 0) is 0 Å². The van der Waals surface area contributed by atoms with Gasteiger partial charge in [-0.1, -0.05) is 32.9 Å². The Morgan fingerprint density at radius 2 is 1.88 bits per heavy atom. The standard InChI is InChI=1S/C14H28N2/c1-10(2)7-13(5)16-14(6)12(4)8-11(3)9-15/h9-10,12-13,16H,6-8,15H2,1-5H3/b11-9+. The van der Waals surface area contributed by atoms with Crippen molar-refractivity contribution in [3.63, 3.8) is 0 Å². The first kappa shape index (κ1) is 15.1. The Balaban J connectivity index is 4.05. The highest BCUT2D eigenvalue weighted by molar-refractivity contribution is 5.05. The Bertz CT molecular complexity index is 241. The van der Waals surface area contributed by atoms with Gasteiger partial charge in [-0.25, -0.2) is 0 Å². The van der Waals surface area contributed by atoms with Gasteiger partial charge in [-0.2, -0.15) is 0 Å². The zero-order valence-electron chi connectivity index (χ0n) is 11.5. The molecule has 0 aromatic carbocycles. The van der Waals surface area contributed by atoms with Gasteiger partial charge >= 0.3 is 0 Å². The minimum atomic E-state index is 0.439. The van der Waals surface area contributed by atoms with Gasteiger partial charge < -0.3 is 11.1 Å². The molecule has 0 amide bonds. The van der Waals surface area contributed by atoms with E-state index in [0.29, 0.717) is 12.0 Å². The Morgan fingerprint density at radius 3 is 2.31 bits per heavy atom. The van der Waals surface area contributed by atoms with Crippen LogP contribution in [0.5, 0.6) is 0 Å². The summed E-state index contributed by atoms with van der Waals surface area (Å²) in [5.41, 5.74) is 7.81. The summed E-state index contributed by atoms with van der Waals surface area (Å²) in [4.78, 5) is 0. The molecular weight excluding hydrogens is 196 g/mol. The van der Waals surface area contributed by atoms with E-state index >= 15 is 0 Å². The zero-order valence-corrected chi connectivity index (χ0v) is 11.5. The first-order valence-electron chi connectivity index (χ1n) is 6.19. The van der Waals surface area contributed by atoms with Crippen molar-refractivity contribution in [3.8, 4) is 0 Å². The molecule has 0 aromatic heterocycles. The van der Waals surface area contributed by atoms with Crippen LogP contribution >= 0.6 is 0 Å². The number of hydrogen-bond acceptors (Lipinski definition) is 2. The molecule has 0 aromatic rings. The molecule has 0 saturated heterocycles. The van der Waals surface area contributed by atoms with Gasteiger partial charge in [-0.3, -0.25) is 0 Å². The van der Waals surface area contributed by atoms with Crippen LogP contribution in [0.3, 0.4) is 0 Å². The zero-order chi connectivity index (χ0) is 12.7. The first-order valence-corrected chi connectivity index (χ1v) is 6.19. The number of rotatable bonds is 7. The molecule has 2 heteroatoms. The molecule has 0 bridgehead atoms. The Labute approximate surface area is 101 Å². The molecule has 2 nitrogen and oxygen atoms in total. The maximum absolute atomic E-state index is 5.48. The van der Waals surface area contributed by atoms with Gasteiger partial charge in [0.25, 0.3) is 0 Å². The Morgan fingerprint density at radius 1 is 1.31 bits per heavy atom. The van der Waals surface area contributed by atoms with E-state index in [1.54, 1.807) is 6.20 Å². The summed E-state index contributed by atoms with van der Waals surface area (Å²) < 4.78 is 0. The van der Waals surface area contributed by atoms with Gasteiger partial charge in [0.15, 0.2) is 0 Å². The van der Waals surface area contributed by atoms with Gasteiger partial charge in [0, 0.05) is 11.7 Å².